The molecule has 1 aromatic heterocycles. The number of fused-ring (bicyclic) bond motifs is 1. The molecule has 7 nitrogen and oxygen atoms in total. The number of aryl methyl sites for hydroxylation is 2. The maximum atomic E-state index is 14.6. The monoisotopic (exact) mass is 505 g/mol. The van der Waals surface area contributed by atoms with Crippen LogP contribution < -0.4 is 9.47 Å². The molecule has 0 radical (unpaired) electrons. The number of hydrogen-bond donors (Lipinski definition) is 1. The summed E-state index contributed by atoms with van der Waals surface area (Å²) in [4.78, 5) is 16.5. The molecule has 1 N–H and O–H groups in total. The molecule has 0 unspecified atom stereocenters. The lowest BCUT2D eigenvalue weighted by molar-refractivity contribution is -0.00761. The third-order valence-electron chi connectivity index (χ3n) is 5.57. The van der Waals surface area contributed by atoms with Crippen LogP contribution in [0.25, 0.3) is 22.0 Å². The van der Waals surface area contributed by atoms with Crippen molar-refractivity contribution in [2.45, 2.75) is 40.4 Å². The number of benzene rings is 3. The standard InChI is InChI=1S/C29H28FNO6/c1-17(2)36-29(33)35-16-34-28-24-14-25(30)21(15-32)13-26(24)31-19(4)27(28)20-7-11-23(12-8-20)37-22-9-5-18(3)6-10-22/h5-14,17,32H,15-16H2,1-4H3. The number of nitrogens with zero attached hydrogens (tertiary/aromatic N) is 1. The molecule has 0 saturated carbocycles. The summed E-state index contributed by atoms with van der Waals surface area (Å²) in [5.41, 5.74) is 3.65. The largest absolute Gasteiger partial charge is 0.511 e. The van der Waals surface area contributed by atoms with Gasteiger partial charge in [0.2, 0.25) is 6.79 Å². The van der Waals surface area contributed by atoms with Crippen LogP contribution in [0.4, 0.5) is 9.18 Å². The summed E-state index contributed by atoms with van der Waals surface area (Å²) in [6.07, 6.45) is -1.23. The fourth-order valence-electron chi connectivity index (χ4n) is 3.82. The Kier molecular flexibility index (Phi) is 7.89. The summed E-state index contributed by atoms with van der Waals surface area (Å²) < 4.78 is 36.5. The highest BCUT2D eigenvalue weighted by Gasteiger charge is 2.19. The van der Waals surface area contributed by atoms with Crippen molar-refractivity contribution in [2.24, 2.45) is 0 Å². The van der Waals surface area contributed by atoms with Gasteiger partial charge in [0.1, 0.15) is 23.1 Å². The van der Waals surface area contributed by atoms with Crippen molar-refractivity contribution in [3.05, 3.63) is 83.3 Å². The van der Waals surface area contributed by atoms with Crippen LogP contribution in [0.3, 0.4) is 0 Å². The van der Waals surface area contributed by atoms with Gasteiger partial charge in [0, 0.05) is 22.2 Å². The Labute approximate surface area is 214 Å². The van der Waals surface area contributed by atoms with Gasteiger partial charge in [-0.15, -0.1) is 0 Å². The first-order chi connectivity index (χ1) is 17.7. The number of aliphatic hydroxyl groups excluding tert-OH is 1. The molecule has 0 saturated heterocycles. The van der Waals surface area contributed by atoms with Crippen LogP contribution in [-0.2, 0) is 16.1 Å². The first kappa shape index (κ1) is 25.9. The lowest BCUT2D eigenvalue weighted by Gasteiger charge is -2.18. The van der Waals surface area contributed by atoms with E-state index in [0.717, 1.165) is 11.1 Å². The topological polar surface area (TPSA) is 87.1 Å². The van der Waals surface area contributed by atoms with Crippen LogP contribution in [0.1, 0.15) is 30.7 Å². The van der Waals surface area contributed by atoms with E-state index in [2.05, 4.69) is 4.98 Å². The van der Waals surface area contributed by atoms with Gasteiger partial charge in [-0.1, -0.05) is 29.8 Å². The Morgan fingerprint density at radius 3 is 2.27 bits per heavy atom. The summed E-state index contributed by atoms with van der Waals surface area (Å²) in [7, 11) is 0. The molecular weight excluding hydrogens is 477 g/mol. The predicted octanol–water partition coefficient (Wildman–Crippen LogP) is 6.84. The van der Waals surface area contributed by atoms with Crippen molar-refractivity contribution in [3.8, 4) is 28.4 Å². The second kappa shape index (κ2) is 11.3. The van der Waals surface area contributed by atoms with Crippen molar-refractivity contribution in [2.75, 3.05) is 6.79 Å². The van der Waals surface area contributed by atoms with Gasteiger partial charge in [-0.2, -0.15) is 0 Å². The van der Waals surface area contributed by atoms with E-state index in [1.807, 2.05) is 55.5 Å². The summed E-state index contributed by atoms with van der Waals surface area (Å²) in [5, 5.41) is 9.86. The summed E-state index contributed by atoms with van der Waals surface area (Å²) in [5.74, 6) is 1.04. The molecule has 0 bridgehead atoms. The fourth-order valence-corrected chi connectivity index (χ4v) is 3.82. The molecule has 192 valence electrons. The van der Waals surface area contributed by atoms with Crippen LogP contribution in [0.2, 0.25) is 0 Å². The van der Waals surface area contributed by atoms with E-state index < -0.39 is 25.4 Å². The highest BCUT2D eigenvalue weighted by atomic mass is 19.1. The molecular formula is C29H28FNO6. The van der Waals surface area contributed by atoms with Crippen molar-refractivity contribution in [1.82, 2.24) is 4.98 Å². The summed E-state index contributed by atoms with van der Waals surface area (Å²) >= 11 is 0. The zero-order valence-corrected chi connectivity index (χ0v) is 21.1. The van der Waals surface area contributed by atoms with E-state index in [-0.39, 0.29) is 17.4 Å². The Hall–Kier alpha value is -4.17. The molecule has 3 aromatic carbocycles. The average molecular weight is 506 g/mol. The zero-order valence-electron chi connectivity index (χ0n) is 21.1. The second-order valence-electron chi connectivity index (χ2n) is 8.78. The van der Waals surface area contributed by atoms with Crippen LogP contribution in [0, 0.1) is 19.7 Å². The smallest absolute Gasteiger partial charge is 0.457 e. The number of aliphatic hydroxyl groups is 1. The Bertz CT molecular complexity index is 1400. The molecule has 0 atom stereocenters. The van der Waals surface area contributed by atoms with Gasteiger partial charge in [-0.25, -0.2) is 9.18 Å². The van der Waals surface area contributed by atoms with E-state index in [1.54, 1.807) is 20.8 Å². The van der Waals surface area contributed by atoms with Crippen molar-refractivity contribution in [3.63, 3.8) is 0 Å². The first-order valence-corrected chi connectivity index (χ1v) is 11.8. The number of aromatic nitrogens is 1. The van der Waals surface area contributed by atoms with Gasteiger partial charge in [-0.3, -0.25) is 4.98 Å². The molecule has 0 spiro atoms. The Balaban J connectivity index is 1.70. The molecule has 4 aromatic rings. The van der Waals surface area contributed by atoms with Gasteiger partial charge in [0.15, 0.2) is 0 Å². The van der Waals surface area contributed by atoms with Gasteiger partial charge in [0.05, 0.1) is 18.2 Å². The molecule has 8 heteroatoms. The van der Waals surface area contributed by atoms with E-state index >= 15 is 0 Å². The van der Waals surface area contributed by atoms with Crippen LogP contribution in [-0.4, -0.2) is 29.1 Å². The average Bonchev–Trinajstić information content (AvgIpc) is 2.85. The number of carbonyl (C=O) groups excluding carboxylic acids is 1. The van der Waals surface area contributed by atoms with Gasteiger partial charge < -0.3 is 24.1 Å². The number of ether oxygens (including phenoxy) is 4. The quantitative estimate of drug-likeness (QED) is 0.207. The van der Waals surface area contributed by atoms with Crippen LogP contribution in [0.15, 0.2) is 60.7 Å². The molecule has 37 heavy (non-hydrogen) atoms. The minimum Gasteiger partial charge on any atom is -0.457 e. The molecule has 1 heterocycles. The van der Waals surface area contributed by atoms with E-state index in [9.17, 15) is 14.3 Å². The van der Waals surface area contributed by atoms with Crippen LogP contribution >= 0.6 is 0 Å². The van der Waals surface area contributed by atoms with E-state index in [1.165, 1.54) is 12.1 Å². The van der Waals surface area contributed by atoms with Gasteiger partial charge in [-0.05, 0) is 69.7 Å². The van der Waals surface area contributed by atoms with Crippen molar-refractivity contribution in [1.29, 1.82) is 0 Å². The lowest BCUT2D eigenvalue weighted by Crippen LogP contribution is -2.16. The van der Waals surface area contributed by atoms with Crippen LogP contribution in [0.5, 0.6) is 17.2 Å². The minimum atomic E-state index is -0.877. The third kappa shape index (κ3) is 6.16. The number of rotatable bonds is 8. The molecule has 0 aliphatic heterocycles. The highest BCUT2D eigenvalue weighted by molar-refractivity contribution is 5.94. The third-order valence-corrected chi connectivity index (χ3v) is 5.57. The molecule has 4 rings (SSSR count). The number of pyridine rings is 1. The molecule has 0 amide bonds. The number of hydrogen-bond acceptors (Lipinski definition) is 7. The van der Waals surface area contributed by atoms with Crippen molar-refractivity contribution < 1.29 is 33.2 Å². The minimum absolute atomic E-state index is 0.118. The first-order valence-electron chi connectivity index (χ1n) is 11.8. The lowest BCUT2D eigenvalue weighted by atomic mass is 9.99. The molecule has 0 aliphatic rings. The highest BCUT2D eigenvalue weighted by Crippen LogP contribution is 2.40. The maximum Gasteiger partial charge on any atom is 0.511 e. The maximum absolute atomic E-state index is 14.6. The Morgan fingerprint density at radius 1 is 1.00 bits per heavy atom. The summed E-state index contributed by atoms with van der Waals surface area (Å²) in [6.45, 7) is 6.30. The Morgan fingerprint density at radius 2 is 1.65 bits per heavy atom. The number of carbonyl (C=O) groups is 1. The summed E-state index contributed by atoms with van der Waals surface area (Å²) in [6, 6.07) is 17.8. The number of halogens is 1. The normalized spacial score (nSPS) is 11.0. The van der Waals surface area contributed by atoms with Crippen molar-refractivity contribution >= 4 is 17.1 Å². The van der Waals surface area contributed by atoms with Gasteiger partial charge >= 0.3 is 6.16 Å². The van der Waals surface area contributed by atoms with E-state index in [0.29, 0.717) is 33.7 Å². The predicted molar refractivity (Wildman–Crippen MR) is 137 cm³/mol. The van der Waals surface area contributed by atoms with Gasteiger partial charge in [0.25, 0.3) is 0 Å². The zero-order chi connectivity index (χ0) is 26.5. The second-order valence-corrected chi connectivity index (χ2v) is 8.78. The SMILES string of the molecule is Cc1ccc(Oc2ccc(-c3c(C)nc4cc(CO)c(F)cc4c3OCOC(=O)OC(C)C)cc2)cc1. The molecule has 0 aliphatic carbocycles. The fraction of sp³-hybridized carbons (Fsp3) is 0.241. The van der Waals surface area contributed by atoms with E-state index in [4.69, 9.17) is 18.9 Å². The molecule has 0 fully saturated rings.